The summed E-state index contributed by atoms with van der Waals surface area (Å²) in [6.07, 6.45) is 11.0. The van der Waals surface area contributed by atoms with E-state index in [1.165, 1.54) is 44.9 Å². The van der Waals surface area contributed by atoms with Crippen LogP contribution in [0.1, 0.15) is 75.8 Å². The number of ether oxygens (including phenoxy) is 2. The molecule has 6 N–H and O–H groups in total. The Hall–Kier alpha value is -3.02. The number of amidine groups is 2. The van der Waals surface area contributed by atoms with Crippen LogP contribution in [0, 0.1) is 10.8 Å². The summed E-state index contributed by atoms with van der Waals surface area (Å²) in [5.41, 5.74) is 12.4. The van der Waals surface area contributed by atoms with E-state index in [1.54, 1.807) is 0 Å². The van der Waals surface area contributed by atoms with Gasteiger partial charge in [0.2, 0.25) is 0 Å². The highest BCUT2D eigenvalue weighted by atomic mass is 16.5. The first-order chi connectivity index (χ1) is 15.5. The fourth-order valence-electron chi connectivity index (χ4n) is 3.52. The molecule has 6 nitrogen and oxygen atoms in total. The number of benzene rings is 2. The Kier molecular flexibility index (Phi) is 11.1. The van der Waals surface area contributed by atoms with Crippen molar-refractivity contribution in [3.63, 3.8) is 0 Å². The lowest BCUT2D eigenvalue weighted by atomic mass is 10.1. The van der Waals surface area contributed by atoms with Crippen molar-refractivity contribution in [1.29, 1.82) is 10.8 Å². The van der Waals surface area contributed by atoms with Gasteiger partial charge < -0.3 is 20.9 Å². The van der Waals surface area contributed by atoms with Crippen molar-refractivity contribution < 1.29 is 9.47 Å². The van der Waals surface area contributed by atoms with E-state index < -0.39 is 0 Å². The molecule has 0 saturated carbocycles. The first kappa shape index (κ1) is 25.2. The fraction of sp³-hybridized carbons (Fsp3) is 0.462. The summed E-state index contributed by atoms with van der Waals surface area (Å²) < 4.78 is 11.7. The van der Waals surface area contributed by atoms with Gasteiger partial charge in [-0.1, -0.05) is 38.5 Å². The van der Waals surface area contributed by atoms with Crippen LogP contribution in [0.5, 0.6) is 11.5 Å². The topological polar surface area (TPSA) is 118 Å². The van der Waals surface area contributed by atoms with Crippen molar-refractivity contribution in [3.8, 4) is 11.5 Å². The normalized spacial score (nSPS) is 11.7. The van der Waals surface area contributed by atoms with Crippen molar-refractivity contribution in [3.05, 3.63) is 59.7 Å². The van der Waals surface area contributed by atoms with Crippen LogP contribution in [0.15, 0.2) is 48.5 Å². The molecule has 0 amide bonds. The molecule has 0 aliphatic carbocycles. The number of nitrogens with two attached hydrogens (primary N) is 2. The SMILES string of the molecule is CC(CCCCCCCCCCOc1ccc(C(=N)N)cc1)Oc1ccc(C(=N)N)cc1. The monoisotopic (exact) mass is 438 g/mol. The van der Waals surface area contributed by atoms with Crippen LogP contribution in [0.3, 0.4) is 0 Å². The molecule has 2 aromatic rings. The van der Waals surface area contributed by atoms with Crippen molar-refractivity contribution in [1.82, 2.24) is 0 Å². The summed E-state index contributed by atoms with van der Waals surface area (Å²) in [4.78, 5) is 0. The van der Waals surface area contributed by atoms with E-state index >= 15 is 0 Å². The minimum absolute atomic E-state index is 0.0789. The second-order valence-electron chi connectivity index (χ2n) is 8.27. The van der Waals surface area contributed by atoms with Crippen molar-refractivity contribution in [2.45, 2.75) is 70.8 Å². The lowest BCUT2D eigenvalue weighted by molar-refractivity contribution is 0.206. The number of rotatable bonds is 16. The van der Waals surface area contributed by atoms with E-state index in [4.69, 9.17) is 31.8 Å². The van der Waals surface area contributed by atoms with Gasteiger partial charge in [0, 0.05) is 11.1 Å². The van der Waals surface area contributed by atoms with Gasteiger partial charge in [-0.3, -0.25) is 10.8 Å². The number of nitrogen functional groups attached to an aromatic ring is 2. The summed E-state index contributed by atoms with van der Waals surface area (Å²) in [6.45, 7) is 2.84. The molecule has 1 unspecified atom stereocenters. The van der Waals surface area contributed by atoms with Gasteiger partial charge in [-0.05, 0) is 74.7 Å². The van der Waals surface area contributed by atoms with Gasteiger partial charge in [-0.25, -0.2) is 0 Å². The third-order valence-electron chi connectivity index (χ3n) is 5.44. The van der Waals surface area contributed by atoms with Gasteiger partial charge in [0.25, 0.3) is 0 Å². The van der Waals surface area contributed by atoms with Crippen LogP contribution in [-0.4, -0.2) is 24.4 Å². The molecule has 0 spiro atoms. The maximum absolute atomic E-state index is 7.42. The molecule has 0 heterocycles. The average molecular weight is 439 g/mol. The van der Waals surface area contributed by atoms with Gasteiger partial charge in [0.15, 0.2) is 0 Å². The van der Waals surface area contributed by atoms with Crippen LogP contribution >= 0.6 is 0 Å². The largest absolute Gasteiger partial charge is 0.494 e. The zero-order chi connectivity index (χ0) is 23.2. The zero-order valence-electron chi connectivity index (χ0n) is 19.2. The van der Waals surface area contributed by atoms with Crippen LogP contribution in [0.4, 0.5) is 0 Å². The summed E-state index contributed by atoms with van der Waals surface area (Å²) in [5.74, 6) is 1.83. The molecule has 0 fully saturated rings. The third-order valence-corrected chi connectivity index (χ3v) is 5.44. The number of hydrogen-bond acceptors (Lipinski definition) is 4. The van der Waals surface area contributed by atoms with E-state index in [9.17, 15) is 0 Å². The highest BCUT2D eigenvalue weighted by molar-refractivity contribution is 5.95. The van der Waals surface area contributed by atoms with Crippen LogP contribution < -0.4 is 20.9 Å². The first-order valence-corrected chi connectivity index (χ1v) is 11.6. The smallest absolute Gasteiger partial charge is 0.122 e. The van der Waals surface area contributed by atoms with Crippen molar-refractivity contribution >= 4 is 11.7 Å². The summed E-state index contributed by atoms with van der Waals surface area (Å²) in [6, 6.07) is 14.8. The molecule has 0 aliphatic rings. The number of nitrogens with one attached hydrogen (secondary N) is 2. The Balaban J connectivity index is 1.41. The second-order valence-corrected chi connectivity index (χ2v) is 8.27. The maximum Gasteiger partial charge on any atom is 0.122 e. The highest BCUT2D eigenvalue weighted by Gasteiger charge is 2.05. The van der Waals surface area contributed by atoms with Gasteiger partial charge in [-0.15, -0.1) is 0 Å². The molecular formula is C26H38N4O2. The molecule has 0 bridgehead atoms. The Bertz CT molecular complexity index is 819. The van der Waals surface area contributed by atoms with E-state index in [1.807, 2.05) is 48.5 Å². The van der Waals surface area contributed by atoms with Crippen molar-refractivity contribution in [2.75, 3.05) is 6.61 Å². The van der Waals surface area contributed by atoms with E-state index in [2.05, 4.69) is 6.92 Å². The van der Waals surface area contributed by atoms with Gasteiger partial charge in [0.1, 0.15) is 23.2 Å². The molecular weight excluding hydrogens is 400 g/mol. The van der Waals surface area contributed by atoms with Crippen molar-refractivity contribution in [2.24, 2.45) is 11.5 Å². The Labute approximate surface area is 192 Å². The van der Waals surface area contributed by atoms with Gasteiger partial charge >= 0.3 is 0 Å². The number of unbranched alkanes of at least 4 members (excludes halogenated alkanes) is 7. The Morgan fingerprint density at radius 1 is 0.688 bits per heavy atom. The lowest BCUT2D eigenvalue weighted by Gasteiger charge is -2.15. The molecule has 0 aromatic heterocycles. The summed E-state index contributed by atoms with van der Waals surface area (Å²) >= 11 is 0. The lowest BCUT2D eigenvalue weighted by Crippen LogP contribution is -2.13. The minimum Gasteiger partial charge on any atom is -0.494 e. The van der Waals surface area contributed by atoms with Gasteiger partial charge in [0.05, 0.1) is 12.7 Å². The maximum atomic E-state index is 7.42. The molecule has 2 aromatic carbocycles. The molecule has 0 radical (unpaired) electrons. The molecule has 1 atom stereocenters. The molecule has 0 aliphatic heterocycles. The summed E-state index contributed by atoms with van der Waals surface area (Å²) in [7, 11) is 0. The quantitative estimate of drug-likeness (QED) is 0.155. The van der Waals surface area contributed by atoms with Crippen LogP contribution in [-0.2, 0) is 0 Å². The first-order valence-electron chi connectivity index (χ1n) is 11.6. The molecule has 2 rings (SSSR count). The van der Waals surface area contributed by atoms with E-state index in [-0.39, 0.29) is 17.8 Å². The molecule has 174 valence electrons. The standard InChI is InChI=1S/C26H38N4O2/c1-20(32-24-17-13-22(14-18-24)26(29)30)10-8-6-4-2-3-5-7-9-19-31-23-15-11-21(12-16-23)25(27)28/h11-18,20H,2-10,19H2,1H3,(H3,27,28)(H3,29,30). The second kappa shape index (κ2) is 14.1. The molecule has 32 heavy (non-hydrogen) atoms. The third kappa shape index (κ3) is 9.86. The molecule has 0 saturated heterocycles. The van der Waals surface area contributed by atoms with Crippen LogP contribution in [0.25, 0.3) is 0 Å². The Morgan fingerprint density at radius 3 is 1.62 bits per heavy atom. The van der Waals surface area contributed by atoms with E-state index in [0.29, 0.717) is 0 Å². The number of hydrogen-bond donors (Lipinski definition) is 4. The van der Waals surface area contributed by atoms with Crippen LogP contribution in [0.2, 0.25) is 0 Å². The molecule has 6 heteroatoms. The predicted molar refractivity (Wildman–Crippen MR) is 132 cm³/mol. The highest BCUT2D eigenvalue weighted by Crippen LogP contribution is 2.17. The zero-order valence-corrected chi connectivity index (χ0v) is 19.2. The Morgan fingerprint density at radius 2 is 1.12 bits per heavy atom. The fourth-order valence-corrected chi connectivity index (χ4v) is 3.52. The predicted octanol–water partition coefficient (Wildman–Crippen LogP) is 5.61. The average Bonchev–Trinajstić information content (AvgIpc) is 2.78. The van der Waals surface area contributed by atoms with E-state index in [0.717, 1.165) is 42.1 Å². The van der Waals surface area contributed by atoms with Gasteiger partial charge in [-0.2, -0.15) is 0 Å². The summed E-state index contributed by atoms with van der Waals surface area (Å²) in [5, 5.41) is 14.8. The minimum atomic E-state index is 0.0789.